The van der Waals surface area contributed by atoms with Crippen LogP contribution in [0.5, 0.6) is 0 Å². The summed E-state index contributed by atoms with van der Waals surface area (Å²) in [6.45, 7) is 0. The normalized spacial score (nSPS) is 11.9. The molecule has 0 amide bonds. The van der Waals surface area contributed by atoms with E-state index < -0.39 is 0 Å². The molecule has 0 bridgehead atoms. The quantitative estimate of drug-likeness (QED) is 0.219. The highest BCUT2D eigenvalue weighted by Gasteiger charge is 2.18. The van der Waals surface area contributed by atoms with E-state index in [9.17, 15) is 5.26 Å². The molecule has 0 aliphatic rings. The van der Waals surface area contributed by atoms with Crippen LogP contribution in [0.1, 0.15) is 5.56 Å². The summed E-state index contributed by atoms with van der Waals surface area (Å²) in [6.07, 6.45) is 0. The topological polar surface area (TPSA) is 41.9 Å². The molecule has 4 heteroatoms. The number of nitrogens with zero attached hydrogens (tertiary/aromatic N) is 2. The Morgan fingerprint density at radius 1 is 0.537 bits per heavy atom. The van der Waals surface area contributed by atoms with Gasteiger partial charge in [-0.15, -0.1) is 11.3 Å². The highest BCUT2D eigenvalue weighted by Crippen LogP contribution is 2.43. The van der Waals surface area contributed by atoms with Gasteiger partial charge in [0.1, 0.15) is 17.2 Å². The third-order valence-corrected chi connectivity index (χ3v) is 9.51. The van der Waals surface area contributed by atoms with Gasteiger partial charge in [-0.25, -0.2) is 0 Å². The number of benzene rings is 6. The van der Waals surface area contributed by atoms with Gasteiger partial charge in [0.15, 0.2) is 0 Å². The molecule has 9 aromatic rings. The number of aromatic nitrogens is 1. The average molecular weight is 541 g/mol. The van der Waals surface area contributed by atoms with Gasteiger partial charge in [0.25, 0.3) is 0 Å². The predicted molar refractivity (Wildman–Crippen MR) is 171 cm³/mol. The molecule has 0 radical (unpaired) electrons. The number of para-hydroxylation sites is 3. The molecule has 0 atom stereocenters. The minimum atomic E-state index is 0.698. The number of hydrogen-bond donors (Lipinski definition) is 0. The van der Waals surface area contributed by atoms with Crippen LogP contribution in [0.2, 0.25) is 0 Å². The zero-order valence-corrected chi connectivity index (χ0v) is 22.6. The molecule has 41 heavy (non-hydrogen) atoms. The number of hydrogen-bond acceptors (Lipinski definition) is 3. The molecule has 190 valence electrons. The highest BCUT2D eigenvalue weighted by atomic mass is 32.1. The average Bonchev–Trinajstić information content (AvgIpc) is 3.70. The maximum absolute atomic E-state index is 10.3. The molecule has 3 heterocycles. The summed E-state index contributed by atoms with van der Waals surface area (Å²) in [5.74, 6) is 0. The van der Waals surface area contributed by atoms with Crippen molar-refractivity contribution in [2.45, 2.75) is 0 Å². The minimum Gasteiger partial charge on any atom is -0.456 e. The van der Waals surface area contributed by atoms with Crippen molar-refractivity contribution in [1.29, 1.82) is 5.26 Å². The maximum atomic E-state index is 10.3. The second kappa shape index (κ2) is 8.32. The Hall–Kier alpha value is -5.37. The predicted octanol–water partition coefficient (Wildman–Crippen LogP) is 10.6. The van der Waals surface area contributed by atoms with Gasteiger partial charge in [0, 0.05) is 32.3 Å². The van der Waals surface area contributed by atoms with Crippen LogP contribution in [-0.4, -0.2) is 4.57 Å². The molecule has 3 nitrogen and oxygen atoms in total. The van der Waals surface area contributed by atoms with Crippen LogP contribution in [-0.2, 0) is 0 Å². The van der Waals surface area contributed by atoms with Crippen molar-refractivity contribution in [3.63, 3.8) is 0 Å². The first-order valence-corrected chi connectivity index (χ1v) is 14.4. The fourth-order valence-corrected chi connectivity index (χ4v) is 7.65. The Balaban J connectivity index is 1.32. The summed E-state index contributed by atoms with van der Waals surface area (Å²) in [5.41, 5.74) is 8.05. The molecule has 0 saturated heterocycles. The van der Waals surface area contributed by atoms with Crippen LogP contribution >= 0.6 is 11.3 Å². The summed E-state index contributed by atoms with van der Waals surface area (Å²) in [4.78, 5) is 0. The van der Waals surface area contributed by atoms with E-state index in [0.29, 0.717) is 5.56 Å². The lowest BCUT2D eigenvalue weighted by atomic mass is 9.98. The second-order valence-corrected chi connectivity index (χ2v) is 11.5. The lowest BCUT2D eigenvalue weighted by molar-refractivity contribution is 0.669. The largest absolute Gasteiger partial charge is 0.456 e. The molecular weight excluding hydrogens is 520 g/mol. The second-order valence-electron chi connectivity index (χ2n) is 10.4. The number of thiophene rings is 1. The van der Waals surface area contributed by atoms with Crippen molar-refractivity contribution >= 4 is 75.3 Å². The molecule has 3 aromatic heterocycles. The van der Waals surface area contributed by atoms with Gasteiger partial charge in [0.2, 0.25) is 0 Å². The minimum absolute atomic E-state index is 0.698. The molecule has 0 aliphatic heterocycles. The van der Waals surface area contributed by atoms with Gasteiger partial charge in [-0.2, -0.15) is 5.26 Å². The number of nitriles is 1. The first-order chi connectivity index (χ1) is 20.3. The van der Waals surface area contributed by atoms with Gasteiger partial charge < -0.3 is 8.98 Å². The summed E-state index contributed by atoms with van der Waals surface area (Å²) in [5, 5.41) is 17.2. The highest BCUT2D eigenvalue weighted by molar-refractivity contribution is 7.26. The Morgan fingerprint density at radius 3 is 1.98 bits per heavy atom. The number of furan rings is 1. The van der Waals surface area contributed by atoms with E-state index in [0.717, 1.165) is 54.2 Å². The third-order valence-electron chi connectivity index (χ3n) is 8.23. The molecule has 0 spiro atoms. The van der Waals surface area contributed by atoms with Crippen molar-refractivity contribution < 1.29 is 4.42 Å². The van der Waals surface area contributed by atoms with Crippen molar-refractivity contribution in [3.05, 3.63) is 127 Å². The summed E-state index contributed by atoms with van der Waals surface area (Å²) in [6, 6.07) is 44.9. The Morgan fingerprint density at radius 2 is 1.20 bits per heavy atom. The Kier molecular flexibility index (Phi) is 4.55. The molecule has 0 N–H and O–H groups in total. The van der Waals surface area contributed by atoms with Crippen LogP contribution in [0.15, 0.2) is 126 Å². The molecular formula is C37H20N2OS. The van der Waals surface area contributed by atoms with E-state index in [1.807, 2.05) is 30.3 Å². The fraction of sp³-hybridized carbons (Fsp3) is 0. The van der Waals surface area contributed by atoms with E-state index in [1.165, 1.54) is 26.5 Å². The van der Waals surface area contributed by atoms with Crippen molar-refractivity contribution in [1.82, 2.24) is 4.57 Å². The number of rotatable bonds is 2. The van der Waals surface area contributed by atoms with Crippen LogP contribution in [0.25, 0.3) is 80.7 Å². The smallest absolute Gasteiger partial charge is 0.135 e. The maximum Gasteiger partial charge on any atom is 0.135 e. The van der Waals surface area contributed by atoms with Gasteiger partial charge in [0.05, 0.1) is 31.7 Å². The van der Waals surface area contributed by atoms with E-state index >= 15 is 0 Å². The van der Waals surface area contributed by atoms with Gasteiger partial charge >= 0.3 is 0 Å². The van der Waals surface area contributed by atoms with E-state index in [1.54, 1.807) is 11.3 Å². The van der Waals surface area contributed by atoms with Crippen LogP contribution < -0.4 is 0 Å². The Labute approximate surface area is 238 Å². The first kappa shape index (κ1) is 22.4. The molecule has 0 unspecified atom stereocenters. The molecule has 6 aromatic carbocycles. The molecule has 0 saturated carbocycles. The van der Waals surface area contributed by atoms with Crippen molar-refractivity contribution in [2.24, 2.45) is 0 Å². The van der Waals surface area contributed by atoms with Crippen LogP contribution in [0.3, 0.4) is 0 Å². The monoisotopic (exact) mass is 540 g/mol. The first-order valence-electron chi connectivity index (χ1n) is 13.6. The molecule has 0 fully saturated rings. The molecule has 9 rings (SSSR count). The molecule has 0 aliphatic carbocycles. The number of fused-ring (bicyclic) bond motifs is 9. The lowest BCUT2D eigenvalue weighted by Gasteiger charge is -2.09. The standard InChI is InChI=1S/C37H20N2OS/c38-21-24-18-23(22-16-17-35-29(19-22)27-10-3-6-15-34(27)40-35)20-30-28-11-7-14-33(37(28)41-36(24)30)39-31-12-4-1-8-25(31)26-9-2-5-13-32(26)39/h1-20H. The summed E-state index contributed by atoms with van der Waals surface area (Å²) < 4.78 is 10.6. The van der Waals surface area contributed by atoms with E-state index in [-0.39, 0.29) is 0 Å². The van der Waals surface area contributed by atoms with Crippen molar-refractivity contribution in [3.8, 4) is 22.9 Å². The summed E-state index contributed by atoms with van der Waals surface area (Å²) in [7, 11) is 0. The third kappa shape index (κ3) is 3.12. The zero-order chi connectivity index (χ0) is 27.1. The summed E-state index contributed by atoms with van der Waals surface area (Å²) >= 11 is 1.71. The van der Waals surface area contributed by atoms with Gasteiger partial charge in [-0.3, -0.25) is 0 Å². The van der Waals surface area contributed by atoms with E-state index in [2.05, 4.69) is 102 Å². The van der Waals surface area contributed by atoms with Gasteiger partial charge in [-0.05, 0) is 59.7 Å². The SMILES string of the molecule is N#Cc1cc(-c2ccc3oc4ccccc4c3c2)cc2c1sc1c(-n3c4ccccc4c4ccccc43)cccc12. The van der Waals surface area contributed by atoms with Crippen LogP contribution in [0.4, 0.5) is 0 Å². The lowest BCUT2D eigenvalue weighted by Crippen LogP contribution is -1.93. The van der Waals surface area contributed by atoms with Gasteiger partial charge in [-0.1, -0.05) is 72.8 Å². The Bertz CT molecular complexity index is 2500. The fourth-order valence-electron chi connectivity index (χ4n) is 6.40. The van der Waals surface area contributed by atoms with Crippen LogP contribution in [0, 0.1) is 11.3 Å². The van der Waals surface area contributed by atoms with Crippen molar-refractivity contribution in [2.75, 3.05) is 0 Å². The van der Waals surface area contributed by atoms with E-state index in [4.69, 9.17) is 4.42 Å². The zero-order valence-electron chi connectivity index (χ0n) is 21.8.